The van der Waals surface area contributed by atoms with Crippen molar-refractivity contribution in [2.45, 2.75) is 24.8 Å². The molecular weight excluding hydrogens is 406 g/mol. The largest absolute Gasteiger partial charge is 0.411 e. The fourth-order valence-electron chi connectivity index (χ4n) is 3.27. The molecule has 0 amide bonds. The lowest BCUT2D eigenvalue weighted by molar-refractivity contribution is 0.465. The first kappa shape index (κ1) is 19.8. The third kappa shape index (κ3) is 4.11. The molecule has 0 aliphatic rings. The van der Waals surface area contributed by atoms with E-state index in [0.29, 0.717) is 21.9 Å². The van der Waals surface area contributed by atoms with E-state index in [2.05, 4.69) is 50.6 Å². The van der Waals surface area contributed by atoms with Gasteiger partial charge in [-0.1, -0.05) is 23.4 Å². The van der Waals surface area contributed by atoms with E-state index >= 15 is 0 Å². The van der Waals surface area contributed by atoms with Crippen molar-refractivity contribution in [3.05, 3.63) is 53.3 Å². The highest BCUT2D eigenvalue weighted by atomic mass is 35.5. The number of hydrogen-bond donors (Lipinski definition) is 0. The van der Waals surface area contributed by atoms with Gasteiger partial charge in [-0.25, -0.2) is 4.98 Å². The van der Waals surface area contributed by atoms with Crippen LogP contribution in [-0.4, -0.2) is 32.8 Å². The third-order valence-electron chi connectivity index (χ3n) is 4.91. The van der Waals surface area contributed by atoms with E-state index in [1.807, 2.05) is 37.4 Å². The molecule has 0 saturated heterocycles. The van der Waals surface area contributed by atoms with Crippen molar-refractivity contribution in [3.63, 3.8) is 0 Å². The second-order valence-electron chi connectivity index (χ2n) is 6.60. The van der Waals surface area contributed by atoms with Gasteiger partial charge in [0.1, 0.15) is 5.82 Å². The molecule has 0 bridgehead atoms. The van der Waals surface area contributed by atoms with E-state index in [1.54, 1.807) is 0 Å². The summed E-state index contributed by atoms with van der Waals surface area (Å²) in [5, 5.41) is 9.58. The molecule has 2 aromatic carbocycles. The van der Waals surface area contributed by atoms with Crippen LogP contribution in [0.5, 0.6) is 0 Å². The van der Waals surface area contributed by atoms with Gasteiger partial charge in [0.05, 0.1) is 16.8 Å². The molecular formula is C21H22ClN5OS. The monoisotopic (exact) mass is 427 g/mol. The van der Waals surface area contributed by atoms with Crippen molar-refractivity contribution in [3.8, 4) is 11.5 Å². The summed E-state index contributed by atoms with van der Waals surface area (Å²) in [5.74, 6) is 2.08. The molecule has 0 N–H and O–H groups in total. The van der Waals surface area contributed by atoms with Crippen molar-refractivity contribution < 1.29 is 4.42 Å². The second-order valence-corrected chi connectivity index (χ2v) is 7.96. The molecule has 2 heterocycles. The molecule has 8 heteroatoms. The summed E-state index contributed by atoms with van der Waals surface area (Å²) in [6, 6.07) is 13.9. The minimum atomic E-state index is 0.524. The smallest absolute Gasteiger partial charge is 0.277 e. The van der Waals surface area contributed by atoms with Gasteiger partial charge >= 0.3 is 0 Å². The number of nitrogens with zero attached hydrogens (tertiary/aromatic N) is 5. The molecule has 4 aromatic rings. The molecule has 29 heavy (non-hydrogen) atoms. The van der Waals surface area contributed by atoms with Crippen molar-refractivity contribution in [2.24, 2.45) is 7.05 Å². The number of hydrogen-bond acceptors (Lipinski definition) is 6. The van der Waals surface area contributed by atoms with E-state index < -0.39 is 0 Å². The maximum Gasteiger partial charge on any atom is 0.277 e. The Kier molecular flexibility index (Phi) is 5.78. The standard InChI is InChI=1S/C21H22ClN5OS/c1-4-27(5-2)16-9-6-14(7-10-16)20-24-25-21(28-20)29-13-19-23-17-12-15(22)8-11-18(17)26(19)3/h6-12H,4-5,13H2,1-3H3. The number of halogens is 1. The molecule has 0 radical (unpaired) electrons. The summed E-state index contributed by atoms with van der Waals surface area (Å²) in [7, 11) is 2.00. The van der Waals surface area contributed by atoms with E-state index in [0.717, 1.165) is 35.5 Å². The van der Waals surface area contributed by atoms with Crippen LogP contribution in [0.15, 0.2) is 52.1 Å². The first-order valence-corrected chi connectivity index (χ1v) is 10.9. The number of aromatic nitrogens is 4. The first-order valence-electron chi connectivity index (χ1n) is 9.51. The average molecular weight is 428 g/mol. The third-order valence-corrected chi connectivity index (χ3v) is 5.96. The number of aryl methyl sites for hydroxylation is 1. The van der Waals surface area contributed by atoms with Gasteiger partial charge in [-0.3, -0.25) is 0 Å². The lowest BCUT2D eigenvalue weighted by Crippen LogP contribution is -2.21. The molecule has 150 valence electrons. The molecule has 6 nitrogen and oxygen atoms in total. The Balaban J connectivity index is 1.46. The summed E-state index contributed by atoms with van der Waals surface area (Å²) >= 11 is 7.54. The molecule has 2 aromatic heterocycles. The zero-order chi connectivity index (χ0) is 20.4. The molecule has 4 rings (SSSR count). The summed E-state index contributed by atoms with van der Waals surface area (Å²) < 4.78 is 7.90. The van der Waals surface area contributed by atoms with E-state index in [4.69, 9.17) is 16.0 Å². The number of benzene rings is 2. The predicted molar refractivity (Wildman–Crippen MR) is 119 cm³/mol. The zero-order valence-corrected chi connectivity index (χ0v) is 18.2. The topological polar surface area (TPSA) is 60.0 Å². The van der Waals surface area contributed by atoms with Crippen LogP contribution in [0.2, 0.25) is 5.02 Å². The fourth-order valence-corrected chi connectivity index (χ4v) is 4.18. The van der Waals surface area contributed by atoms with Crippen LogP contribution >= 0.6 is 23.4 Å². The number of imidazole rings is 1. The van der Waals surface area contributed by atoms with Gasteiger partial charge in [0.25, 0.3) is 5.22 Å². The normalized spacial score (nSPS) is 11.3. The SMILES string of the molecule is CCN(CC)c1ccc(-c2nnc(SCc3nc4cc(Cl)ccc4n3C)o2)cc1. The quantitative estimate of drug-likeness (QED) is 0.367. The van der Waals surface area contributed by atoms with E-state index in [9.17, 15) is 0 Å². The van der Waals surface area contributed by atoms with E-state index in [-0.39, 0.29) is 0 Å². The van der Waals surface area contributed by atoms with E-state index in [1.165, 1.54) is 17.4 Å². The van der Waals surface area contributed by atoms with Crippen molar-refractivity contribution in [1.29, 1.82) is 0 Å². The highest BCUT2D eigenvalue weighted by molar-refractivity contribution is 7.98. The maximum absolute atomic E-state index is 6.07. The Morgan fingerprint density at radius 3 is 2.55 bits per heavy atom. The molecule has 0 aliphatic carbocycles. The van der Waals surface area contributed by atoms with Gasteiger partial charge in [0, 0.05) is 36.4 Å². The van der Waals surface area contributed by atoms with Crippen LogP contribution in [0, 0.1) is 0 Å². The highest BCUT2D eigenvalue weighted by Crippen LogP contribution is 2.28. The van der Waals surface area contributed by atoms with Gasteiger partial charge in [0.2, 0.25) is 5.89 Å². The summed E-state index contributed by atoms with van der Waals surface area (Å²) in [4.78, 5) is 6.95. The Morgan fingerprint density at radius 2 is 1.83 bits per heavy atom. The van der Waals surface area contributed by atoms with Gasteiger partial charge in [0.15, 0.2) is 0 Å². The fraction of sp³-hybridized carbons (Fsp3) is 0.286. The minimum Gasteiger partial charge on any atom is -0.411 e. The maximum atomic E-state index is 6.07. The molecule has 0 aliphatic heterocycles. The number of rotatable bonds is 7. The van der Waals surface area contributed by atoms with Crippen LogP contribution < -0.4 is 4.90 Å². The Bertz CT molecular complexity index is 1120. The minimum absolute atomic E-state index is 0.524. The number of anilines is 1. The highest BCUT2D eigenvalue weighted by Gasteiger charge is 2.13. The van der Waals surface area contributed by atoms with Crippen LogP contribution in [0.3, 0.4) is 0 Å². The summed E-state index contributed by atoms with van der Waals surface area (Å²) in [6.45, 7) is 6.26. The van der Waals surface area contributed by atoms with Crippen LogP contribution in [0.4, 0.5) is 5.69 Å². The van der Waals surface area contributed by atoms with Gasteiger partial charge < -0.3 is 13.9 Å². The number of fused-ring (bicyclic) bond motifs is 1. The lowest BCUT2D eigenvalue weighted by Gasteiger charge is -2.20. The van der Waals surface area contributed by atoms with Crippen LogP contribution in [0.25, 0.3) is 22.5 Å². The van der Waals surface area contributed by atoms with Crippen molar-refractivity contribution >= 4 is 40.1 Å². The first-order chi connectivity index (χ1) is 14.1. The Morgan fingerprint density at radius 1 is 1.07 bits per heavy atom. The lowest BCUT2D eigenvalue weighted by atomic mass is 10.2. The number of thioether (sulfide) groups is 1. The molecule has 0 saturated carbocycles. The van der Waals surface area contributed by atoms with Crippen LogP contribution in [0.1, 0.15) is 19.7 Å². The van der Waals surface area contributed by atoms with Crippen molar-refractivity contribution in [2.75, 3.05) is 18.0 Å². The van der Waals surface area contributed by atoms with Gasteiger partial charge in [-0.15, -0.1) is 10.2 Å². The predicted octanol–water partition coefficient (Wildman–Crippen LogP) is 5.42. The van der Waals surface area contributed by atoms with Gasteiger partial charge in [-0.05, 0) is 56.3 Å². The Hall–Kier alpha value is -2.51. The van der Waals surface area contributed by atoms with Crippen LogP contribution in [-0.2, 0) is 12.8 Å². The summed E-state index contributed by atoms with van der Waals surface area (Å²) in [5.41, 5.74) is 4.03. The molecule has 0 atom stereocenters. The Labute approximate surface area is 178 Å². The molecule has 0 unspecified atom stereocenters. The van der Waals surface area contributed by atoms with Gasteiger partial charge in [-0.2, -0.15) is 0 Å². The molecule has 0 spiro atoms. The summed E-state index contributed by atoms with van der Waals surface area (Å²) in [6.07, 6.45) is 0. The average Bonchev–Trinajstić information content (AvgIpc) is 3.32. The zero-order valence-electron chi connectivity index (χ0n) is 16.6. The van der Waals surface area contributed by atoms with Crippen molar-refractivity contribution in [1.82, 2.24) is 19.7 Å². The second kappa shape index (κ2) is 8.47. The molecule has 0 fully saturated rings.